The molecule has 0 aliphatic carbocycles. The van der Waals surface area contributed by atoms with Crippen LogP contribution in [0.4, 0.5) is 0 Å². The first-order valence-electron chi connectivity index (χ1n) is 5.58. The fourth-order valence-corrected chi connectivity index (χ4v) is 2.45. The summed E-state index contributed by atoms with van der Waals surface area (Å²) < 4.78 is 0.876. The fourth-order valence-electron chi connectivity index (χ4n) is 1.38. The Labute approximate surface area is 107 Å². The zero-order valence-corrected chi connectivity index (χ0v) is 11.9. The van der Waals surface area contributed by atoms with Crippen LogP contribution in [-0.2, 0) is 6.42 Å². The van der Waals surface area contributed by atoms with Crippen molar-refractivity contribution >= 4 is 22.9 Å². The normalized spacial score (nSPS) is 12.4. The number of thiophene rings is 1. The molecule has 1 rings (SSSR count). The Morgan fingerprint density at radius 1 is 1.38 bits per heavy atom. The van der Waals surface area contributed by atoms with E-state index >= 15 is 0 Å². The highest BCUT2D eigenvalue weighted by Gasteiger charge is 2.11. The molecule has 4 heteroatoms. The van der Waals surface area contributed by atoms with E-state index in [0.717, 1.165) is 30.3 Å². The summed E-state index contributed by atoms with van der Waals surface area (Å²) in [6.45, 7) is 6.25. The van der Waals surface area contributed by atoms with E-state index in [2.05, 4.69) is 31.9 Å². The summed E-state index contributed by atoms with van der Waals surface area (Å²) in [6.07, 6.45) is 2.09. The molecule has 0 saturated heterocycles. The van der Waals surface area contributed by atoms with Crippen LogP contribution in [0.2, 0.25) is 4.34 Å². The van der Waals surface area contributed by atoms with Gasteiger partial charge in [0.15, 0.2) is 0 Å². The van der Waals surface area contributed by atoms with Gasteiger partial charge in [-0.15, -0.1) is 11.3 Å². The number of nitrogens with two attached hydrogens (primary N) is 1. The van der Waals surface area contributed by atoms with Crippen molar-refractivity contribution in [3.05, 3.63) is 21.3 Å². The molecule has 0 saturated carbocycles. The molecule has 0 aliphatic rings. The molecule has 1 aromatic rings. The number of nitrogens with zero attached hydrogens (tertiary/aromatic N) is 1. The van der Waals surface area contributed by atoms with E-state index in [1.165, 1.54) is 4.88 Å². The van der Waals surface area contributed by atoms with E-state index in [1.807, 2.05) is 6.07 Å². The van der Waals surface area contributed by atoms with Crippen molar-refractivity contribution in [2.75, 3.05) is 20.1 Å². The highest BCUT2D eigenvalue weighted by atomic mass is 35.5. The van der Waals surface area contributed by atoms with Gasteiger partial charge < -0.3 is 10.6 Å². The second-order valence-electron chi connectivity index (χ2n) is 5.00. The topological polar surface area (TPSA) is 29.3 Å². The molecule has 0 bridgehead atoms. The predicted molar refractivity (Wildman–Crippen MR) is 73.4 cm³/mol. The van der Waals surface area contributed by atoms with Crippen molar-refractivity contribution in [1.29, 1.82) is 0 Å². The molecule has 0 spiro atoms. The van der Waals surface area contributed by atoms with Gasteiger partial charge in [0.2, 0.25) is 0 Å². The molecule has 2 nitrogen and oxygen atoms in total. The highest BCUT2D eigenvalue weighted by Crippen LogP contribution is 2.21. The number of likely N-dealkylation sites (N-methyl/N-ethyl adjacent to an activating group) is 1. The van der Waals surface area contributed by atoms with Crippen molar-refractivity contribution in [3.63, 3.8) is 0 Å². The smallest absolute Gasteiger partial charge is 0.0931 e. The summed E-state index contributed by atoms with van der Waals surface area (Å²) in [4.78, 5) is 3.67. The number of hydrogen-bond acceptors (Lipinski definition) is 3. The van der Waals surface area contributed by atoms with Crippen LogP contribution in [-0.4, -0.2) is 30.6 Å². The molecule has 0 radical (unpaired) electrons. The van der Waals surface area contributed by atoms with E-state index in [4.69, 9.17) is 17.3 Å². The molecule has 0 aliphatic heterocycles. The lowest BCUT2D eigenvalue weighted by Gasteiger charge is -2.23. The van der Waals surface area contributed by atoms with Crippen molar-refractivity contribution in [2.24, 2.45) is 5.73 Å². The van der Waals surface area contributed by atoms with Gasteiger partial charge in [-0.05, 0) is 52.4 Å². The molecule has 2 N–H and O–H groups in total. The first-order chi connectivity index (χ1) is 7.37. The van der Waals surface area contributed by atoms with Crippen LogP contribution in [0, 0.1) is 0 Å². The first kappa shape index (κ1) is 14.0. The van der Waals surface area contributed by atoms with Crippen LogP contribution in [0.3, 0.4) is 0 Å². The molecular formula is C12H21ClN2S. The van der Waals surface area contributed by atoms with Gasteiger partial charge in [-0.1, -0.05) is 11.6 Å². The van der Waals surface area contributed by atoms with E-state index in [0.29, 0.717) is 0 Å². The van der Waals surface area contributed by atoms with E-state index in [1.54, 1.807) is 11.3 Å². The highest BCUT2D eigenvalue weighted by molar-refractivity contribution is 7.16. The Morgan fingerprint density at radius 3 is 2.56 bits per heavy atom. The molecule has 0 atom stereocenters. The van der Waals surface area contributed by atoms with Crippen LogP contribution in [0.5, 0.6) is 0 Å². The van der Waals surface area contributed by atoms with E-state index < -0.39 is 0 Å². The molecule has 1 heterocycles. The summed E-state index contributed by atoms with van der Waals surface area (Å²) >= 11 is 7.55. The molecule has 0 amide bonds. The predicted octanol–water partition coefficient (Wildman–Crippen LogP) is 3.00. The lowest BCUT2D eigenvalue weighted by Crippen LogP contribution is -2.36. The summed E-state index contributed by atoms with van der Waals surface area (Å²) in [5, 5.41) is 0. The van der Waals surface area contributed by atoms with Crippen LogP contribution < -0.4 is 5.73 Å². The zero-order chi connectivity index (χ0) is 12.2. The maximum absolute atomic E-state index is 5.95. The Hall–Kier alpha value is -0.0900. The second kappa shape index (κ2) is 6.01. The molecule has 92 valence electrons. The van der Waals surface area contributed by atoms with Gasteiger partial charge in [-0.3, -0.25) is 0 Å². The first-order valence-corrected chi connectivity index (χ1v) is 6.78. The largest absolute Gasteiger partial charge is 0.326 e. The third-order valence-corrected chi connectivity index (χ3v) is 3.80. The van der Waals surface area contributed by atoms with Gasteiger partial charge in [0.25, 0.3) is 0 Å². The minimum Gasteiger partial charge on any atom is -0.326 e. The average molecular weight is 261 g/mol. The minimum atomic E-state index is -0.0689. The van der Waals surface area contributed by atoms with E-state index in [9.17, 15) is 0 Å². The molecule has 0 fully saturated rings. The maximum atomic E-state index is 5.95. The quantitative estimate of drug-likeness (QED) is 0.852. The van der Waals surface area contributed by atoms with Crippen molar-refractivity contribution in [3.8, 4) is 0 Å². The number of halogens is 1. The average Bonchev–Trinajstić information content (AvgIpc) is 2.57. The van der Waals surface area contributed by atoms with Crippen LogP contribution >= 0.6 is 22.9 Å². The lowest BCUT2D eigenvalue weighted by molar-refractivity contribution is 0.299. The monoisotopic (exact) mass is 260 g/mol. The molecule has 16 heavy (non-hydrogen) atoms. The minimum absolute atomic E-state index is 0.0689. The standard InChI is InChI=1S/C12H21ClN2S/c1-12(2,14)7-9-15(3)8-6-10-4-5-11(13)16-10/h4-5H,6-9,14H2,1-3H3. The third kappa shape index (κ3) is 5.85. The molecule has 0 unspecified atom stereocenters. The third-order valence-electron chi connectivity index (χ3n) is 2.51. The number of hydrogen-bond donors (Lipinski definition) is 1. The summed E-state index contributed by atoms with van der Waals surface area (Å²) in [5.74, 6) is 0. The summed E-state index contributed by atoms with van der Waals surface area (Å²) in [6, 6.07) is 4.07. The van der Waals surface area contributed by atoms with Gasteiger partial charge in [0, 0.05) is 17.0 Å². The summed E-state index contributed by atoms with van der Waals surface area (Å²) in [5.41, 5.74) is 5.88. The van der Waals surface area contributed by atoms with Gasteiger partial charge >= 0.3 is 0 Å². The Balaban J connectivity index is 2.22. The molecule has 0 aromatic carbocycles. The van der Waals surface area contributed by atoms with Crippen LogP contribution in [0.15, 0.2) is 12.1 Å². The maximum Gasteiger partial charge on any atom is 0.0931 e. The van der Waals surface area contributed by atoms with Crippen molar-refractivity contribution < 1.29 is 0 Å². The van der Waals surface area contributed by atoms with Crippen LogP contribution in [0.1, 0.15) is 25.1 Å². The Kier molecular flexibility index (Phi) is 5.25. The summed E-state index contributed by atoms with van der Waals surface area (Å²) in [7, 11) is 2.14. The van der Waals surface area contributed by atoms with Gasteiger partial charge in [0.1, 0.15) is 0 Å². The van der Waals surface area contributed by atoms with Gasteiger partial charge in [-0.25, -0.2) is 0 Å². The Bertz CT molecular complexity index is 317. The van der Waals surface area contributed by atoms with Gasteiger partial charge in [0.05, 0.1) is 4.34 Å². The van der Waals surface area contributed by atoms with Crippen molar-refractivity contribution in [2.45, 2.75) is 32.2 Å². The second-order valence-corrected chi connectivity index (χ2v) is 6.80. The van der Waals surface area contributed by atoms with Crippen LogP contribution in [0.25, 0.3) is 0 Å². The van der Waals surface area contributed by atoms with Gasteiger partial charge in [-0.2, -0.15) is 0 Å². The lowest BCUT2D eigenvalue weighted by atomic mass is 10.0. The molecule has 1 aromatic heterocycles. The zero-order valence-electron chi connectivity index (χ0n) is 10.3. The number of rotatable bonds is 6. The molecular weight excluding hydrogens is 240 g/mol. The van der Waals surface area contributed by atoms with Crippen molar-refractivity contribution in [1.82, 2.24) is 4.90 Å². The Morgan fingerprint density at radius 2 is 2.06 bits per heavy atom. The fraction of sp³-hybridized carbons (Fsp3) is 0.667. The SMILES string of the molecule is CN(CCc1ccc(Cl)s1)CCC(C)(C)N. The van der Waals surface area contributed by atoms with E-state index in [-0.39, 0.29) is 5.54 Å².